The highest BCUT2D eigenvalue weighted by molar-refractivity contribution is 5.75. The third-order valence-electron chi connectivity index (χ3n) is 5.86. The minimum absolute atomic E-state index is 0.0988. The molecular weight excluding hydrogens is 422 g/mol. The first kappa shape index (κ1) is 22.2. The molecule has 0 atom stereocenters. The monoisotopic (exact) mass is 449 g/mol. The van der Waals surface area contributed by atoms with Crippen LogP contribution in [0.4, 0.5) is 28.6 Å². The predicted molar refractivity (Wildman–Crippen MR) is 129 cm³/mol. The molecule has 172 valence electrons. The van der Waals surface area contributed by atoms with Crippen molar-refractivity contribution in [2.24, 2.45) is 0 Å². The largest absolute Gasteiger partial charge is 0.497 e. The zero-order valence-corrected chi connectivity index (χ0v) is 19.0. The van der Waals surface area contributed by atoms with Gasteiger partial charge >= 0.3 is 0 Å². The lowest BCUT2D eigenvalue weighted by Crippen LogP contribution is -2.47. The molecule has 2 aromatic carbocycles. The Morgan fingerprint density at radius 3 is 2.15 bits per heavy atom. The summed E-state index contributed by atoms with van der Waals surface area (Å²) in [4.78, 5) is 22.1. The van der Waals surface area contributed by atoms with Crippen molar-refractivity contribution in [3.8, 4) is 11.5 Å². The summed E-state index contributed by atoms with van der Waals surface area (Å²) < 4.78 is 10.8. The van der Waals surface area contributed by atoms with E-state index in [1.165, 1.54) is 0 Å². The summed E-state index contributed by atoms with van der Waals surface area (Å²) in [5.41, 5.74) is 2.39. The molecule has 4 rings (SSSR count). The normalized spacial score (nSPS) is 13.5. The van der Waals surface area contributed by atoms with E-state index in [-0.39, 0.29) is 10.6 Å². The topological polar surface area (TPSA) is 84.2 Å². The maximum Gasteiger partial charge on any atom is 0.292 e. The van der Waals surface area contributed by atoms with Crippen molar-refractivity contribution in [3.05, 3.63) is 70.9 Å². The van der Waals surface area contributed by atoms with Gasteiger partial charge in [0.1, 0.15) is 23.0 Å². The van der Waals surface area contributed by atoms with Crippen molar-refractivity contribution in [1.29, 1.82) is 0 Å². The number of anilines is 4. The first-order valence-corrected chi connectivity index (χ1v) is 10.7. The van der Waals surface area contributed by atoms with Crippen LogP contribution < -0.4 is 24.2 Å². The highest BCUT2D eigenvalue weighted by atomic mass is 16.6. The van der Waals surface area contributed by atoms with Crippen molar-refractivity contribution in [1.82, 2.24) is 4.98 Å². The summed E-state index contributed by atoms with van der Waals surface area (Å²) >= 11 is 0. The number of nitrogens with zero attached hydrogens (tertiary/aromatic N) is 5. The Morgan fingerprint density at radius 1 is 0.909 bits per heavy atom. The van der Waals surface area contributed by atoms with E-state index in [4.69, 9.17) is 9.47 Å². The van der Waals surface area contributed by atoms with Crippen molar-refractivity contribution in [2.45, 2.75) is 0 Å². The van der Waals surface area contributed by atoms with Crippen molar-refractivity contribution < 1.29 is 14.4 Å². The minimum Gasteiger partial charge on any atom is -0.497 e. The van der Waals surface area contributed by atoms with Crippen LogP contribution in [-0.4, -0.2) is 57.4 Å². The van der Waals surface area contributed by atoms with E-state index < -0.39 is 0 Å². The van der Waals surface area contributed by atoms with Gasteiger partial charge in [-0.15, -0.1) is 0 Å². The smallest absolute Gasteiger partial charge is 0.292 e. The van der Waals surface area contributed by atoms with Gasteiger partial charge in [-0.2, -0.15) is 0 Å². The molecule has 0 aliphatic carbocycles. The zero-order valence-electron chi connectivity index (χ0n) is 19.0. The van der Waals surface area contributed by atoms with E-state index in [9.17, 15) is 10.1 Å². The second-order valence-electron chi connectivity index (χ2n) is 7.72. The van der Waals surface area contributed by atoms with Gasteiger partial charge in [0.05, 0.1) is 19.1 Å². The number of nitro benzene ring substituents is 1. The molecule has 0 unspecified atom stereocenters. The Hall–Kier alpha value is -4.01. The Labute approximate surface area is 192 Å². The molecule has 0 bridgehead atoms. The molecule has 0 amide bonds. The van der Waals surface area contributed by atoms with Crippen LogP contribution in [0.3, 0.4) is 0 Å². The zero-order chi connectivity index (χ0) is 23.4. The first-order chi connectivity index (χ1) is 16.0. The van der Waals surface area contributed by atoms with E-state index in [0.29, 0.717) is 30.3 Å². The van der Waals surface area contributed by atoms with Gasteiger partial charge in [-0.05, 0) is 24.3 Å². The second kappa shape index (κ2) is 9.64. The molecule has 3 aromatic rings. The predicted octanol–water partition coefficient (Wildman–Crippen LogP) is 4.10. The molecule has 9 nitrogen and oxygen atoms in total. The van der Waals surface area contributed by atoms with Gasteiger partial charge in [-0.3, -0.25) is 10.1 Å². The number of ether oxygens (including phenoxy) is 2. The van der Waals surface area contributed by atoms with Gasteiger partial charge in [0.15, 0.2) is 0 Å². The average Bonchev–Trinajstić information content (AvgIpc) is 2.88. The molecule has 0 spiro atoms. The highest BCUT2D eigenvalue weighted by Crippen LogP contribution is 2.37. The number of nitro groups is 1. The molecule has 0 radical (unpaired) electrons. The van der Waals surface area contributed by atoms with Crippen LogP contribution in [0.2, 0.25) is 0 Å². The number of piperazine rings is 1. The first-order valence-electron chi connectivity index (χ1n) is 10.7. The van der Waals surface area contributed by atoms with Crippen LogP contribution in [0.25, 0.3) is 0 Å². The molecule has 0 saturated carbocycles. The van der Waals surface area contributed by atoms with Crippen LogP contribution in [0.1, 0.15) is 0 Å². The molecule has 1 aromatic heterocycles. The van der Waals surface area contributed by atoms with Crippen molar-refractivity contribution in [3.63, 3.8) is 0 Å². The fraction of sp³-hybridized carbons (Fsp3) is 0.292. The summed E-state index contributed by atoms with van der Waals surface area (Å²) in [7, 11) is 5.12. The lowest BCUT2D eigenvalue weighted by atomic mass is 10.1. The van der Waals surface area contributed by atoms with Crippen molar-refractivity contribution in [2.75, 3.05) is 62.1 Å². The van der Waals surface area contributed by atoms with Crippen molar-refractivity contribution >= 4 is 28.6 Å². The van der Waals surface area contributed by atoms with E-state index in [2.05, 4.69) is 14.8 Å². The fourth-order valence-corrected chi connectivity index (χ4v) is 3.98. The number of benzene rings is 2. The van der Waals surface area contributed by atoms with Gasteiger partial charge in [-0.25, -0.2) is 4.98 Å². The maximum absolute atomic E-state index is 11.8. The third kappa shape index (κ3) is 4.77. The number of hydrogen-bond donors (Lipinski definition) is 0. The summed E-state index contributed by atoms with van der Waals surface area (Å²) in [6, 6.07) is 16.7. The standard InChI is InChI=1S/C24H27N5O4/c1-26(19-14-20(32-2)17-21(15-19)33-3)18-7-8-22(29(30)31)23(16-18)27-10-12-28(13-11-27)24-6-4-5-9-25-24/h4-9,14-17H,10-13H2,1-3H3. The SMILES string of the molecule is COc1cc(OC)cc(N(C)c2ccc([N+](=O)[O-])c(N3CCN(c4ccccn4)CC3)c2)c1. The maximum atomic E-state index is 11.8. The summed E-state index contributed by atoms with van der Waals surface area (Å²) in [6.45, 7) is 2.80. The molecule has 9 heteroatoms. The molecule has 33 heavy (non-hydrogen) atoms. The molecule has 1 aliphatic heterocycles. The van der Waals surface area contributed by atoms with Crippen LogP contribution in [-0.2, 0) is 0 Å². The molecule has 1 fully saturated rings. The van der Waals surface area contributed by atoms with Gasteiger partial charge in [-0.1, -0.05) is 6.07 Å². The van der Waals surface area contributed by atoms with Gasteiger partial charge in [0.2, 0.25) is 0 Å². The lowest BCUT2D eigenvalue weighted by Gasteiger charge is -2.36. The fourth-order valence-electron chi connectivity index (χ4n) is 3.98. The quantitative estimate of drug-likeness (QED) is 0.394. The van der Waals surface area contributed by atoms with Crippen LogP contribution in [0, 0.1) is 10.1 Å². The summed E-state index contributed by atoms with van der Waals surface area (Å²) in [5, 5.41) is 11.8. The Bertz CT molecular complexity index is 1090. The molecule has 1 saturated heterocycles. The molecule has 0 N–H and O–H groups in total. The van der Waals surface area contributed by atoms with Gasteiger partial charge in [0.25, 0.3) is 5.69 Å². The summed E-state index contributed by atoms with van der Waals surface area (Å²) in [6.07, 6.45) is 1.78. The van der Waals surface area contributed by atoms with E-state index in [1.807, 2.05) is 48.3 Å². The number of pyridine rings is 1. The number of hydrogen-bond acceptors (Lipinski definition) is 8. The highest BCUT2D eigenvalue weighted by Gasteiger charge is 2.25. The average molecular weight is 450 g/mol. The van der Waals surface area contributed by atoms with Crippen LogP contribution >= 0.6 is 0 Å². The molecular formula is C24H27N5O4. The number of rotatable bonds is 7. The van der Waals surface area contributed by atoms with E-state index in [0.717, 1.165) is 30.3 Å². The van der Waals surface area contributed by atoms with E-state index in [1.54, 1.807) is 38.6 Å². The summed E-state index contributed by atoms with van der Waals surface area (Å²) in [5.74, 6) is 2.26. The second-order valence-corrected chi connectivity index (χ2v) is 7.72. The van der Waals surface area contributed by atoms with Gasteiger partial charge < -0.3 is 24.2 Å². The Kier molecular flexibility index (Phi) is 6.48. The lowest BCUT2D eigenvalue weighted by molar-refractivity contribution is -0.384. The van der Waals surface area contributed by atoms with E-state index >= 15 is 0 Å². The van der Waals surface area contributed by atoms with Gasteiger partial charge in [0, 0.05) is 75.1 Å². The molecule has 2 heterocycles. The molecule has 1 aliphatic rings. The number of methoxy groups -OCH3 is 2. The Morgan fingerprint density at radius 2 is 1.58 bits per heavy atom. The minimum atomic E-state index is -0.321. The number of aromatic nitrogens is 1. The van der Waals surface area contributed by atoms with Crippen LogP contribution in [0.5, 0.6) is 11.5 Å². The van der Waals surface area contributed by atoms with Crippen LogP contribution in [0.15, 0.2) is 60.8 Å². The Balaban J connectivity index is 1.61. The third-order valence-corrected chi connectivity index (χ3v) is 5.86.